The van der Waals surface area contributed by atoms with Crippen LogP contribution in [0.1, 0.15) is 44.7 Å². The van der Waals surface area contributed by atoms with Gasteiger partial charge in [-0.2, -0.15) is 0 Å². The molecule has 6 nitrogen and oxygen atoms in total. The van der Waals surface area contributed by atoms with Crippen molar-refractivity contribution in [3.05, 3.63) is 58.6 Å². The van der Waals surface area contributed by atoms with Crippen molar-refractivity contribution in [2.24, 2.45) is 0 Å². The summed E-state index contributed by atoms with van der Waals surface area (Å²) < 4.78 is 32.9. The van der Waals surface area contributed by atoms with Crippen LogP contribution >= 0.6 is 15.9 Å². The highest BCUT2D eigenvalue weighted by molar-refractivity contribution is 9.10. The second kappa shape index (κ2) is 8.98. The van der Waals surface area contributed by atoms with Gasteiger partial charge in [-0.25, -0.2) is 8.42 Å². The average molecular weight is 495 g/mol. The fourth-order valence-corrected chi connectivity index (χ4v) is 4.93. The molecule has 0 aliphatic carbocycles. The van der Waals surface area contributed by atoms with Gasteiger partial charge in [0.2, 0.25) is 15.9 Å². The zero-order valence-corrected chi connectivity index (χ0v) is 19.8. The van der Waals surface area contributed by atoms with Gasteiger partial charge in [0.1, 0.15) is 17.9 Å². The number of carbonyl (C=O) groups excluding carboxylic acids is 1. The molecule has 2 aromatic rings. The van der Waals surface area contributed by atoms with Crippen LogP contribution in [0.15, 0.2) is 53.0 Å². The lowest BCUT2D eigenvalue weighted by Crippen LogP contribution is -2.47. The molecular weight excluding hydrogens is 468 g/mol. The van der Waals surface area contributed by atoms with Crippen LogP contribution in [-0.2, 0) is 14.8 Å². The molecule has 0 bridgehead atoms. The molecule has 2 aromatic carbocycles. The van der Waals surface area contributed by atoms with Crippen molar-refractivity contribution in [1.82, 2.24) is 5.32 Å². The minimum Gasteiger partial charge on any atom is -0.487 e. The Morgan fingerprint density at radius 3 is 2.40 bits per heavy atom. The first-order chi connectivity index (χ1) is 14.2. The van der Waals surface area contributed by atoms with Gasteiger partial charge in [0.05, 0.1) is 18.0 Å². The third-order valence-electron chi connectivity index (χ3n) is 5.62. The molecule has 3 rings (SSSR count). The number of para-hydroxylation sites is 1. The topological polar surface area (TPSA) is 75.7 Å². The largest absolute Gasteiger partial charge is 0.487 e. The number of sulfonamides is 1. The van der Waals surface area contributed by atoms with E-state index in [1.165, 1.54) is 0 Å². The molecule has 0 aromatic heterocycles. The van der Waals surface area contributed by atoms with Crippen LogP contribution in [0.3, 0.4) is 0 Å². The number of anilines is 1. The molecule has 1 aliphatic heterocycles. The number of benzene rings is 2. The lowest BCUT2D eigenvalue weighted by atomic mass is 9.83. The molecule has 0 saturated heterocycles. The van der Waals surface area contributed by atoms with Crippen molar-refractivity contribution >= 4 is 37.5 Å². The van der Waals surface area contributed by atoms with Crippen molar-refractivity contribution < 1.29 is 17.9 Å². The predicted molar refractivity (Wildman–Crippen MR) is 122 cm³/mol. The molecular formula is C22H27BrN2O4S. The molecule has 8 heteroatoms. The fraction of sp³-hybridized carbons (Fsp3) is 0.409. The number of amides is 1. The Bertz CT molecular complexity index is 1000. The van der Waals surface area contributed by atoms with E-state index in [1.54, 1.807) is 24.3 Å². The maximum absolute atomic E-state index is 12.9. The molecule has 1 atom stereocenters. The lowest BCUT2D eigenvalue weighted by Gasteiger charge is -2.41. The number of rotatable bonds is 7. The first kappa shape index (κ1) is 22.6. The Hall–Kier alpha value is -2.06. The average Bonchev–Trinajstić information content (AvgIpc) is 2.72. The van der Waals surface area contributed by atoms with Crippen LogP contribution < -0.4 is 14.4 Å². The van der Waals surface area contributed by atoms with Crippen LogP contribution in [-0.4, -0.2) is 32.7 Å². The van der Waals surface area contributed by atoms with Crippen molar-refractivity contribution in [2.45, 2.75) is 44.8 Å². The van der Waals surface area contributed by atoms with E-state index in [9.17, 15) is 13.2 Å². The van der Waals surface area contributed by atoms with E-state index in [-0.39, 0.29) is 24.1 Å². The smallest absolute Gasteiger partial charge is 0.241 e. The molecule has 0 saturated carbocycles. The van der Waals surface area contributed by atoms with Crippen molar-refractivity contribution in [3.8, 4) is 5.75 Å². The Kier molecular flexibility index (Phi) is 6.77. The zero-order chi connectivity index (χ0) is 21.9. The Morgan fingerprint density at radius 1 is 1.17 bits per heavy atom. The standard InChI is InChI=1S/C22H27BrN2O4S/c1-4-22(5-2)14-19(18-8-6-7-9-20(18)29-22)24-21(26)15-25(30(3,27)28)17-12-10-16(23)11-13-17/h6-13,19H,4-5,14-15H2,1-3H3,(H,24,26)/t19-/m1/s1. The Morgan fingerprint density at radius 2 is 1.80 bits per heavy atom. The summed E-state index contributed by atoms with van der Waals surface area (Å²) >= 11 is 3.34. The van der Waals surface area contributed by atoms with Gasteiger partial charge in [-0.1, -0.05) is 48.0 Å². The molecule has 1 aliphatic rings. The molecule has 0 spiro atoms. The first-order valence-corrected chi connectivity index (χ1v) is 12.6. The third kappa shape index (κ3) is 4.98. The summed E-state index contributed by atoms with van der Waals surface area (Å²) in [4.78, 5) is 12.9. The summed E-state index contributed by atoms with van der Waals surface area (Å²) in [5.41, 5.74) is 1.01. The number of nitrogens with zero attached hydrogens (tertiary/aromatic N) is 1. The van der Waals surface area contributed by atoms with Crippen LogP contribution in [0.4, 0.5) is 5.69 Å². The highest BCUT2D eigenvalue weighted by Gasteiger charge is 2.39. The van der Waals surface area contributed by atoms with Crippen molar-refractivity contribution in [3.63, 3.8) is 0 Å². The first-order valence-electron chi connectivity index (χ1n) is 9.98. The summed E-state index contributed by atoms with van der Waals surface area (Å²) in [6.45, 7) is 3.87. The molecule has 1 N–H and O–H groups in total. The second-order valence-corrected chi connectivity index (χ2v) is 10.4. The third-order valence-corrected chi connectivity index (χ3v) is 7.29. The number of carbonyl (C=O) groups is 1. The van der Waals surface area contributed by atoms with E-state index in [4.69, 9.17) is 4.74 Å². The number of ether oxygens (including phenoxy) is 1. The number of halogens is 1. The predicted octanol–water partition coefficient (Wildman–Crippen LogP) is 4.41. The zero-order valence-electron chi connectivity index (χ0n) is 17.4. The quantitative estimate of drug-likeness (QED) is 0.618. The summed E-state index contributed by atoms with van der Waals surface area (Å²) in [7, 11) is -3.63. The molecule has 0 fully saturated rings. The Balaban J connectivity index is 1.84. The Labute approximate surface area is 186 Å². The van der Waals surface area contributed by atoms with Gasteiger partial charge in [0.25, 0.3) is 0 Å². The van der Waals surface area contributed by atoms with Crippen LogP contribution in [0.25, 0.3) is 0 Å². The van der Waals surface area contributed by atoms with Crippen LogP contribution in [0.5, 0.6) is 5.75 Å². The number of fused-ring (bicyclic) bond motifs is 1. The van der Waals surface area contributed by atoms with E-state index in [1.807, 2.05) is 24.3 Å². The normalized spacial score (nSPS) is 17.5. The van der Waals surface area contributed by atoms with Gasteiger partial charge in [-0.15, -0.1) is 0 Å². The number of hydrogen-bond acceptors (Lipinski definition) is 4. The second-order valence-electron chi connectivity index (χ2n) is 7.60. The van der Waals surface area contributed by atoms with Gasteiger partial charge in [0, 0.05) is 16.5 Å². The van der Waals surface area contributed by atoms with Gasteiger partial charge < -0.3 is 10.1 Å². The molecule has 1 heterocycles. The van der Waals surface area contributed by atoms with E-state index >= 15 is 0 Å². The van der Waals surface area contributed by atoms with Crippen molar-refractivity contribution in [1.29, 1.82) is 0 Å². The van der Waals surface area contributed by atoms with Gasteiger partial charge in [-0.3, -0.25) is 9.10 Å². The van der Waals surface area contributed by atoms with Crippen LogP contribution in [0.2, 0.25) is 0 Å². The van der Waals surface area contributed by atoms with E-state index in [0.717, 1.165) is 39.2 Å². The molecule has 0 unspecified atom stereocenters. The van der Waals surface area contributed by atoms with Gasteiger partial charge in [-0.05, 0) is 43.2 Å². The van der Waals surface area contributed by atoms with Gasteiger partial charge >= 0.3 is 0 Å². The minimum atomic E-state index is -3.63. The van der Waals surface area contributed by atoms with E-state index in [0.29, 0.717) is 12.1 Å². The lowest BCUT2D eigenvalue weighted by molar-refractivity contribution is -0.121. The summed E-state index contributed by atoms with van der Waals surface area (Å²) in [6.07, 6.45) is 3.38. The van der Waals surface area contributed by atoms with Gasteiger partial charge in [0.15, 0.2) is 0 Å². The van der Waals surface area contributed by atoms with E-state index < -0.39 is 10.0 Å². The molecule has 1 amide bonds. The maximum atomic E-state index is 12.9. The molecule has 30 heavy (non-hydrogen) atoms. The number of hydrogen-bond donors (Lipinski definition) is 1. The summed E-state index contributed by atoms with van der Waals surface area (Å²) in [6, 6.07) is 14.3. The summed E-state index contributed by atoms with van der Waals surface area (Å²) in [5.74, 6) is 0.414. The maximum Gasteiger partial charge on any atom is 0.241 e. The highest BCUT2D eigenvalue weighted by atomic mass is 79.9. The summed E-state index contributed by atoms with van der Waals surface area (Å²) in [5, 5.41) is 3.05. The monoisotopic (exact) mass is 494 g/mol. The van der Waals surface area contributed by atoms with Crippen LogP contribution in [0, 0.1) is 0 Å². The van der Waals surface area contributed by atoms with E-state index in [2.05, 4.69) is 35.1 Å². The van der Waals surface area contributed by atoms with Crippen molar-refractivity contribution in [2.75, 3.05) is 17.1 Å². The molecule has 162 valence electrons. The minimum absolute atomic E-state index is 0.242. The SMILES string of the molecule is CCC1(CC)C[C@@H](NC(=O)CN(c2ccc(Br)cc2)S(C)(=O)=O)c2ccccc2O1. The fourth-order valence-electron chi connectivity index (χ4n) is 3.81. The highest BCUT2D eigenvalue weighted by Crippen LogP contribution is 2.42. The molecule has 0 radical (unpaired) electrons. The number of nitrogens with one attached hydrogen (secondary N) is 1.